The van der Waals surface area contributed by atoms with Gasteiger partial charge in [-0.2, -0.15) is 0 Å². The largest absolute Gasteiger partial charge is 0.378 e. The van der Waals surface area contributed by atoms with Crippen LogP contribution in [0.1, 0.15) is 69.4 Å². The van der Waals surface area contributed by atoms with Crippen molar-refractivity contribution in [3.05, 3.63) is 58.9 Å². The molecule has 1 nitrogen and oxygen atoms in total. The van der Waals surface area contributed by atoms with Crippen molar-refractivity contribution >= 4 is 0 Å². The SMILES string of the molecule is CCCCCC1CCC(c2ccc(-c3ccc(CC)cc3F)c(F)c2F)CO1. The van der Waals surface area contributed by atoms with Crippen LogP contribution >= 0.6 is 0 Å². The molecule has 1 heterocycles. The molecule has 2 aromatic carbocycles. The lowest BCUT2D eigenvalue weighted by molar-refractivity contribution is -0.00277. The first-order valence-electron chi connectivity index (χ1n) is 10.4. The third-order valence-corrected chi connectivity index (χ3v) is 5.78. The molecule has 0 N–H and O–H groups in total. The van der Waals surface area contributed by atoms with E-state index in [4.69, 9.17) is 4.74 Å². The minimum atomic E-state index is -0.981. The van der Waals surface area contributed by atoms with Gasteiger partial charge in [-0.1, -0.05) is 57.4 Å². The lowest BCUT2D eigenvalue weighted by atomic mass is 9.88. The molecule has 2 atom stereocenters. The van der Waals surface area contributed by atoms with Gasteiger partial charge in [0, 0.05) is 17.0 Å². The van der Waals surface area contributed by atoms with Crippen molar-refractivity contribution in [2.24, 2.45) is 0 Å². The number of hydrogen-bond donors (Lipinski definition) is 0. The first-order chi connectivity index (χ1) is 13.5. The van der Waals surface area contributed by atoms with Gasteiger partial charge in [-0.25, -0.2) is 13.2 Å². The first kappa shape index (κ1) is 20.9. The molecule has 2 unspecified atom stereocenters. The normalized spacial score (nSPS) is 19.8. The van der Waals surface area contributed by atoms with Crippen LogP contribution in [0.5, 0.6) is 0 Å². The zero-order valence-corrected chi connectivity index (χ0v) is 16.7. The van der Waals surface area contributed by atoms with Gasteiger partial charge in [0.25, 0.3) is 0 Å². The van der Waals surface area contributed by atoms with Crippen molar-refractivity contribution in [3.63, 3.8) is 0 Å². The maximum Gasteiger partial charge on any atom is 0.167 e. The number of halogens is 3. The van der Waals surface area contributed by atoms with E-state index in [1.807, 2.05) is 6.92 Å². The Kier molecular flexibility index (Phi) is 7.17. The molecule has 0 aromatic heterocycles. The van der Waals surface area contributed by atoms with Crippen molar-refractivity contribution in [2.75, 3.05) is 6.61 Å². The van der Waals surface area contributed by atoms with Crippen molar-refractivity contribution < 1.29 is 17.9 Å². The van der Waals surface area contributed by atoms with Crippen LogP contribution in [0, 0.1) is 17.5 Å². The van der Waals surface area contributed by atoms with Crippen LogP contribution in [0.2, 0.25) is 0 Å². The lowest BCUT2D eigenvalue weighted by Gasteiger charge is -2.30. The van der Waals surface area contributed by atoms with Crippen molar-refractivity contribution in [1.82, 2.24) is 0 Å². The molecule has 1 fully saturated rings. The third kappa shape index (κ3) is 4.60. The van der Waals surface area contributed by atoms with Crippen LogP contribution in [0.4, 0.5) is 13.2 Å². The Morgan fingerprint density at radius 1 is 0.929 bits per heavy atom. The van der Waals surface area contributed by atoms with Gasteiger partial charge in [0.2, 0.25) is 0 Å². The Balaban J connectivity index is 1.74. The first-order valence-corrected chi connectivity index (χ1v) is 10.4. The second kappa shape index (κ2) is 9.60. The van der Waals surface area contributed by atoms with Crippen LogP contribution in [0.3, 0.4) is 0 Å². The van der Waals surface area contributed by atoms with E-state index in [-0.39, 0.29) is 23.1 Å². The number of unbranched alkanes of at least 4 members (excludes halogenated alkanes) is 2. The summed E-state index contributed by atoms with van der Waals surface area (Å²) in [6.45, 7) is 4.50. The minimum Gasteiger partial charge on any atom is -0.378 e. The van der Waals surface area contributed by atoms with Gasteiger partial charge in [0.1, 0.15) is 5.82 Å². The van der Waals surface area contributed by atoms with Crippen LogP contribution in [0.15, 0.2) is 30.3 Å². The Morgan fingerprint density at radius 3 is 2.36 bits per heavy atom. The van der Waals surface area contributed by atoms with Crippen LogP contribution < -0.4 is 0 Å². The van der Waals surface area contributed by atoms with Crippen LogP contribution in [-0.2, 0) is 11.2 Å². The number of hydrogen-bond acceptors (Lipinski definition) is 1. The fraction of sp³-hybridized carbons (Fsp3) is 0.500. The molecule has 28 heavy (non-hydrogen) atoms. The van der Waals surface area contributed by atoms with Gasteiger partial charge < -0.3 is 4.74 Å². The maximum atomic E-state index is 14.8. The summed E-state index contributed by atoms with van der Waals surface area (Å²) < 4.78 is 49.8. The average Bonchev–Trinajstić information content (AvgIpc) is 2.71. The Hall–Kier alpha value is -1.81. The van der Waals surface area contributed by atoms with Gasteiger partial charge in [-0.05, 0) is 42.9 Å². The summed E-state index contributed by atoms with van der Waals surface area (Å²) in [7, 11) is 0. The quantitative estimate of drug-likeness (QED) is 0.455. The Labute approximate surface area is 165 Å². The van der Waals surface area contributed by atoms with Gasteiger partial charge in [0.15, 0.2) is 11.6 Å². The fourth-order valence-corrected chi connectivity index (χ4v) is 3.99. The van der Waals surface area contributed by atoms with Crippen molar-refractivity contribution in [3.8, 4) is 11.1 Å². The Morgan fingerprint density at radius 2 is 1.71 bits per heavy atom. The lowest BCUT2D eigenvalue weighted by Crippen LogP contribution is -2.25. The maximum absolute atomic E-state index is 14.8. The van der Waals surface area contributed by atoms with E-state index in [1.165, 1.54) is 31.0 Å². The standard InChI is InChI=1S/C24H29F3O/c1-3-5-6-7-18-10-9-17(15-28-18)19-12-13-21(24(27)23(19)26)20-11-8-16(4-2)14-22(20)25/h8,11-14,17-18H,3-7,9-10,15H2,1-2H3. The second-order valence-corrected chi connectivity index (χ2v) is 7.72. The van der Waals surface area contributed by atoms with Gasteiger partial charge in [0.05, 0.1) is 12.7 Å². The molecule has 1 aliphatic heterocycles. The predicted octanol–water partition coefficient (Wildman–Crippen LogP) is 7.18. The smallest absolute Gasteiger partial charge is 0.167 e. The summed E-state index contributed by atoms with van der Waals surface area (Å²) in [6, 6.07) is 7.74. The molecule has 3 rings (SSSR count). The minimum absolute atomic E-state index is 0.0319. The molecule has 152 valence electrons. The molecule has 0 radical (unpaired) electrons. The molecule has 4 heteroatoms. The number of benzene rings is 2. The number of rotatable bonds is 7. The van der Waals surface area contributed by atoms with Crippen molar-refractivity contribution in [2.45, 2.75) is 70.8 Å². The van der Waals surface area contributed by atoms with E-state index in [2.05, 4.69) is 6.92 Å². The highest BCUT2D eigenvalue weighted by Gasteiger charge is 2.27. The summed E-state index contributed by atoms with van der Waals surface area (Å²) >= 11 is 0. The average molecular weight is 390 g/mol. The molecule has 0 spiro atoms. The molecular formula is C24H29F3O. The predicted molar refractivity (Wildman–Crippen MR) is 107 cm³/mol. The highest BCUT2D eigenvalue weighted by Crippen LogP contribution is 2.35. The molecule has 2 aromatic rings. The van der Waals surface area contributed by atoms with E-state index in [0.29, 0.717) is 18.6 Å². The summed E-state index contributed by atoms with van der Waals surface area (Å²) in [5.74, 6) is -2.54. The number of ether oxygens (including phenoxy) is 1. The van der Waals surface area contributed by atoms with Gasteiger partial charge in [-0.15, -0.1) is 0 Å². The molecule has 1 saturated heterocycles. The molecule has 1 aliphatic rings. The molecular weight excluding hydrogens is 361 g/mol. The fourth-order valence-electron chi connectivity index (χ4n) is 3.99. The molecule has 0 bridgehead atoms. The summed E-state index contributed by atoms with van der Waals surface area (Å²) in [5, 5.41) is 0. The number of aryl methyl sites for hydroxylation is 1. The summed E-state index contributed by atoms with van der Waals surface area (Å²) in [5.41, 5.74) is 1.22. The van der Waals surface area contributed by atoms with Crippen LogP contribution in [-0.4, -0.2) is 12.7 Å². The second-order valence-electron chi connectivity index (χ2n) is 7.72. The van der Waals surface area contributed by atoms with E-state index in [9.17, 15) is 13.2 Å². The molecule has 0 aliphatic carbocycles. The van der Waals surface area contributed by atoms with E-state index in [0.717, 1.165) is 31.2 Å². The van der Waals surface area contributed by atoms with E-state index in [1.54, 1.807) is 12.1 Å². The zero-order chi connectivity index (χ0) is 20.1. The summed E-state index contributed by atoms with van der Waals surface area (Å²) in [4.78, 5) is 0. The zero-order valence-electron chi connectivity index (χ0n) is 16.7. The van der Waals surface area contributed by atoms with E-state index >= 15 is 0 Å². The highest BCUT2D eigenvalue weighted by atomic mass is 19.2. The monoisotopic (exact) mass is 390 g/mol. The van der Waals surface area contributed by atoms with Gasteiger partial charge >= 0.3 is 0 Å². The van der Waals surface area contributed by atoms with Crippen molar-refractivity contribution in [1.29, 1.82) is 0 Å². The van der Waals surface area contributed by atoms with Crippen LogP contribution in [0.25, 0.3) is 11.1 Å². The highest BCUT2D eigenvalue weighted by molar-refractivity contribution is 5.66. The van der Waals surface area contributed by atoms with E-state index < -0.39 is 17.5 Å². The molecule has 0 amide bonds. The molecule has 0 saturated carbocycles. The summed E-state index contributed by atoms with van der Waals surface area (Å²) in [6.07, 6.45) is 7.11. The third-order valence-electron chi connectivity index (χ3n) is 5.78. The van der Waals surface area contributed by atoms with Gasteiger partial charge in [-0.3, -0.25) is 0 Å². The topological polar surface area (TPSA) is 9.23 Å². The Bertz CT molecular complexity index is 795.